The van der Waals surface area contributed by atoms with Crippen molar-refractivity contribution in [2.45, 2.75) is 19.2 Å². The van der Waals surface area contributed by atoms with E-state index >= 15 is 0 Å². The van der Waals surface area contributed by atoms with Crippen molar-refractivity contribution in [2.24, 2.45) is 0 Å². The zero-order chi connectivity index (χ0) is 19.0. The lowest BCUT2D eigenvalue weighted by atomic mass is 10.1. The highest BCUT2D eigenvalue weighted by atomic mass is 19.4. The Kier molecular flexibility index (Phi) is 4.39. The van der Waals surface area contributed by atoms with Crippen molar-refractivity contribution in [3.8, 4) is 5.75 Å². The molecule has 27 heavy (non-hydrogen) atoms. The molecular formula is C20H17F3N2O2. The molecule has 1 aliphatic rings. The lowest BCUT2D eigenvalue weighted by molar-refractivity contribution is -0.137. The van der Waals surface area contributed by atoms with Gasteiger partial charge in [0, 0.05) is 28.5 Å². The Morgan fingerprint density at radius 3 is 2.70 bits per heavy atom. The van der Waals surface area contributed by atoms with Gasteiger partial charge in [0.15, 0.2) is 0 Å². The summed E-state index contributed by atoms with van der Waals surface area (Å²) in [5.41, 5.74) is 1.76. The molecule has 0 aliphatic carbocycles. The molecule has 4 rings (SSSR count). The van der Waals surface area contributed by atoms with Gasteiger partial charge in [-0.05, 0) is 31.2 Å². The van der Waals surface area contributed by atoms with E-state index in [0.29, 0.717) is 18.0 Å². The van der Waals surface area contributed by atoms with Crippen LogP contribution in [0.4, 0.5) is 24.5 Å². The molecule has 1 fully saturated rings. The van der Waals surface area contributed by atoms with Gasteiger partial charge in [-0.2, -0.15) is 13.2 Å². The number of anilines is 2. The van der Waals surface area contributed by atoms with Crippen LogP contribution >= 0.6 is 0 Å². The average molecular weight is 374 g/mol. The van der Waals surface area contributed by atoms with E-state index in [1.165, 1.54) is 0 Å². The lowest BCUT2D eigenvalue weighted by Gasteiger charge is -2.15. The van der Waals surface area contributed by atoms with Crippen LogP contribution in [0, 0.1) is 6.92 Å². The molecule has 4 nitrogen and oxygen atoms in total. The van der Waals surface area contributed by atoms with Crippen LogP contribution in [0.5, 0.6) is 5.75 Å². The summed E-state index contributed by atoms with van der Waals surface area (Å²) in [5, 5.41) is 3.92. The van der Waals surface area contributed by atoms with Crippen LogP contribution < -0.4 is 10.1 Å². The maximum absolute atomic E-state index is 13.3. The minimum absolute atomic E-state index is 0.0391. The zero-order valence-electron chi connectivity index (χ0n) is 14.5. The van der Waals surface area contributed by atoms with Crippen molar-refractivity contribution in [3.05, 3.63) is 59.8 Å². The van der Waals surface area contributed by atoms with Crippen LogP contribution in [0.2, 0.25) is 0 Å². The Morgan fingerprint density at radius 1 is 1.19 bits per heavy atom. The molecule has 3 aromatic rings. The molecule has 0 amide bonds. The van der Waals surface area contributed by atoms with Crippen molar-refractivity contribution in [2.75, 3.05) is 18.5 Å². The van der Waals surface area contributed by atoms with Gasteiger partial charge in [0.2, 0.25) is 0 Å². The van der Waals surface area contributed by atoms with Crippen LogP contribution in [0.3, 0.4) is 0 Å². The topological polar surface area (TPSA) is 46.7 Å². The van der Waals surface area contributed by atoms with E-state index < -0.39 is 11.7 Å². The van der Waals surface area contributed by atoms with E-state index in [9.17, 15) is 13.2 Å². The fourth-order valence-electron chi connectivity index (χ4n) is 2.84. The van der Waals surface area contributed by atoms with Gasteiger partial charge < -0.3 is 14.8 Å². The zero-order valence-corrected chi connectivity index (χ0v) is 14.5. The SMILES string of the molecule is Cc1cc(Nc2cc(OC[C@@H]3CO3)cc(C(F)(F)F)c2)c2ccccc2n1. The third kappa shape index (κ3) is 4.14. The van der Waals surface area contributed by atoms with Gasteiger partial charge in [0.25, 0.3) is 0 Å². The maximum Gasteiger partial charge on any atom is 0.416 e. The number of ether oxygens (including phenoxy) is 2. The van der Waals surface area contributed by atoms with E-state index in [4.69, 9.17) is 9.47 Å². The quantitative estimate of drug-likeness (QED) is 0.633. The lowest BCUT2D eigenvalue weighted by Crippen LogP contribution is -2.09. The Balaban J connectivity index is 1.71. The van der Waals surface area contributed by atoms with Crippen molar-refractivity contribution in [1.29, 1.82) is 0 Å². The number of benzene rings is 2. The molecule has 2 heterocycles. The third-order valence-electron chi connectivity index (χ3n) is 4.20. The van der Waals surface area contributed by atoms with Gasteiger partial charge in [-0.25, -0.2) is 0 Å². The van der Waals surface area contributed by atoms with Crippen molar-refractivity contribution in [3.63, 3.8) is 0 Å². The summed E-state index contributed by atoms with van der Waals surface area (Å²) in [6, 6.07) is 12.9. The Labute approximate surface area is 153 Å². The predicted molar refractivity (Wildman–Crippen MR) is 96.4 cm³/mol. The first-order chi connectivity index (χ1) is 12.9. The first-order valence-electron chi connectivity index (χ1n) is 8.48. The summed E-state index contributed by atoms with van der Waals surface area (Å²) in [7, 11) is 0. The number of nitrogens with one attached hydrogen (secondary N) is 1. The van der Waals surface area contributed by atoms with E-state index in [1.807, 2.05) is 31.2 Å². The van der Waals surface area contributed by atoms with Gasteiger partial charge in [-0.1, -0.05) is 18.2 Å². The molecule has 0 unspecified atom stereocenters. The number of aryl methyl sites for hydroxylation is 1. The maximum atomic E-state index is 13.3. The van der Waals surface area contributed by atoms with Gasteiger partial charge in [0.05, 0.1) is 17.7 Å². The van der Waals surface area contributed by atoms with Crippen LogP contribution in [-0.4, -0.2) is 24.3 Å². The second-order valence-corrected chi connectivity index (χ2v) is 6.46. The van der Waals surface area contributed by atoms with Crippen molar-refractivity contribution < 1.29 is 22.6 Å². The molecule has 140 valence electrons. The fourth-order valence-corrected chi connectivity index (χ4v) is 2.84. The third-order valence-corrected chi connectivity index (χ3v) is 4.20. The standard InChI is InChI=1S/C20H17F3N2O2/c1-12-6-19(17-4-2-3-5-18(17)24-12)25-14-7-13(20(21,22)23)8-15(9-14)26-10-16-11-27-16/h2-9,16H,10-11H2,1H3,(H,24,25)/t16-/m1/s1. The molecule has 1 aromatic heterocycles. The van der Waals surface area contributed by atoms with Gasteiger partial charge >= 0.3 is 6.18 Å². The molecule has 1 saturated heterocycles. The summed E-state index contributed by atoms with van der Waals surface area (Å²) in [4.78, 5) is 4.45. The summed E-state index contributed by atoms with van der Waals surface area (Å²) >= 11 is 0. The van der Waals surface area contributed by atoms with Gasteiger partial charge in [-0.15, -0.1) is 0 Å². The fraction of sp³-hybridized carbons (Fsp3) is 0.250. The number of nitrogens with zero attached hydrogens (tertiary/aromatic N) is 1. The molecule has 1 atom stereocenters. The Hall–Kier alpha value is -2.80. The molecule has 1 N–H and O–H groups in total. The number of hydrogen-bond acceptors (Lipinski definition) is 4. The van der Waals surface area contributed by atoms with Crippen molar-refractivity contribution >= 4 is 22.3 Å². The number of para-hydroxylation sites is 1. The predicted octanol–water partition coefficient (Wildman–Crippen LogP) is 5.08. The molecule has 0 spiro atoms. The first-order valence-corrected chi connectivity index (χ1v) is 8.48. The minimum atomic E-state index is -4.47. The molecular weight excluding hydrogens is 357 g/mol. The van der Waals surface area contributed by atoms with Crippen LogP contribution in [-0.2, 0) is 10.9 Å². The second-order valence-electron chi connectivity index (χ2n) is 6.46. The smallest absolute Gasteiger partial charge is 0.416 e. The number of hydrogen-bond donors (Lipinski definition) is 1. The normalized spacial score (nSPS) is 16.4. The number of pyridine rings is 1. The number of epoxide rings is 1. The summed E-state index contributed by atoms with van der Waals surface area (Å²) < 4.78 is 50.4. The second kappa shape index (κ2) is 6.74. The highest BCUT2D eigenvalue weighted by Crippen LogP contribution is 2.36. The first kappa shape index (κ1) is 17.6. The highest BCUT2D eigenvalue weighted by molar-refractivity contribution is 5.93. The largest absolute Gasteiger partial charge is 0.491 e. The van der Waals surface area contributed by atoms with Crippen LogP contribution in [0.15, 0.2) is 48.5 Å². The van der Waals surface area contributed by atoms with E-state index in [0.717, 1.165) is 28.7 Å². The van der Waals surface area contributed by atoms with E-state index in [-0.39, 0.29) is 18.5 Å². The number of halogens is 3. The molecule has 0 radical (unpaired) electrons. The molecule has 0 saturated carbocycles. The van der Waals surface area contributed by atoms with E-state index in [2.05, 4.69) is 10.3 Å². The number of fused-ring (bicyclic) bond motifs is 1. The average Bonchev–Trinajstić information content (AvgIpc) is 3.43. The Bertz CT molecular complexity index is 985. The number of rotatable bonds is 5. The highest BCUT2D eigenvalue weighted by Gasteiger charge is 2.32. The minimum Gasteiger partial charge on any atom is -0.491 e. The van der Waals surface area contributed by atoms with Gasteiger partial charge in [-0.3, -0.25) is 4.98 Å². The number of aromatic nitrogens is 1. The van der Waals surface area contributed by atoms with Crippen LogP contribution in [0.1, 0.15) is 11.3 Å². The van der Waals surface area contributed by atoms with Gasteiger partial charge in [0.1, 0.15) is 18.5 Å². The van der Waals surface area contributed by atoms with Crippen molar-refractivity contribution in [1.82, 2.24) is 4.98 Å². The molecule has 7 heteroatoms. The molecule has 0 bridgehead atoms. The molecule has 2 aromatic carbocycles. The summed E-state index contributed by atoms with van der Waals surface area (Å²) in [6.07, 6.45) is -4.51. The van der Waals surface area contributed by atoms with Crippen LogP contribution in [0.25, 0.3) is 10.9 Å². The van der Waals surface area contributed by atoms with E-state index in [1.54, 1.807) is 12.1 Å². The molecule has 1 aliphatic heterocycles. The summed E-state index contributed by atoms with van der Waals surface area (Å²) in [6.45, 7) is 2.65. The Morgan fingerprint density at radius 2 is 1.96 bits per heavy atom. The summed E-state index contributed by atoms with van der Waals surface area (Å²) in [5.74, 6) is 0.151. The monoisotopic (exact) mass is 374 g/mol. The number of alkyl halides is 3.